The van der Waals surface area contributed by atoms with Crippen molar-refractivity contribution in [3.63, 3.8) is 0 Å². The number of rotatable bonds is 10. The fourth-order valence-corrected chi connectivity index (χ4v) is 11.0. The first kappa shape index (κ1) is 57.5. The lowest BCUT2D eigenvalue weighted by Crippen LogP contribution is -2.59. The predicted molar refractivity (Wildman–Crippen MR) is 361 cm³/mol. The van der Waals surface area contributed by atoms with Gasteiger partial charge in [0.25, 0.3) is 0 Å². The maximum absolute atomic E-state index is 6.93. The summed E-state index contributed by atoms with van der Waals surface area (Å²) in [5.74, 6) is 0. The van der Waals surface area contributed by atoms with Gasteiger partial charge in [-0.2, -0.15) is 0 Å². The first-order valence-corrected chi connectivity index (χ1v) is 27.5. The third-order valence-electron chi connectivity index (χ3n) is 15.3. The van der Waals surface area contributed by atoms with Gasteiger partial charge in [0.2, 0.25) is 0 Å². The summed E-state index contributed by atoms with van der Waals surface area (Å²) in [5, 5.41) is 2.12. The zero-order chi connectivity index (χ0) is 58.4. The number of anilines is 9. The van der Waals surface area contributed by atoms with Gasteiger partial charge in [0, 0.05) is 50.6 Å². The van der Waals surface area contributed by atoms with Crippen LogP contribution in [0.1, 0.15) is 79.0 Å². The first-order valence-electron chi connectivity index (χ1n) is 26.8. The molecule has 20 radical (unpaired) electrons. The Labute approximate surface area is 500 Å². The Kier molecular flexibility index (Phi) is 15.3. The lowest BCUT2D eigenvalue weighted by molar-refractivity contribution is 0.589. The molecule has 1 heterocycles. The summed E-state index contributed by atoms with van der Waals surface area (Å²) in [4.78, 5) is 6.18. The molecule has 1 aromatic heterocycles. The van der Waals surface area contributed by atoms with E-state index >= 15 is 0 Å². The van der Waals surface area contributed by atoms with Crippen LogP contribution in [0.25, 0.3) is 33.1 Å². The van der Waals surface area contributed by atoms with Crippen molar-refractivity contribution in [3.8, 4) is 11.1 Å². The summed E-state index contributed by atoms with van der Waals surface area (Å²) in [6.07, 6.45) is 0. The fraction of sp³-hybridized carbons (Fsp3) is 0.182. The number of benzene rings is 9. The first-order chi connectivity index (χ1) is 38.1. The van der Waals surface area contributed by atoms with Crippen LogP contribution >= 0.6 is 15.9 Å². The molecule has 0 aliphatic rings. The molecule has 15 heteroatoms. The van der Waals surface area contributed by atoms with Crippen LogP contribution in [0.4, 0.5) is 51.2 Å². The van der Waals surface area contributed by atoms with Gasteiger partial charge in [-0.1, -0.05) is 151 Å². The van der Waals surface area contributed by atoms with Gasteiger partial charge in [0.1, 0.15) is 89.6 Å². The van der Waals surface area contributed by atoms with Crippen molar-refractivity contribution >= 4 is 222 Å². The largest absolute Gasteiger partial charge is 0.456 e. The number of para-hydroxylation sites is 1. The van der Waals surface area contributed by atoms with Crippen molar-refractivity contribution < 1.29 is 4.42 Å². The van der Waals surface area contributed by atoms with Gasteiger partial charge in [-0.25, -0.2) is 0 Å². The summed E-state index contributed by atoms with van der Waals surface area (Å²) in [5.41, 5.74) is 12.8. The Morgan fingerprint density at radius 2 is 0.691 bits per heavy atom. The van der Waals surface area contributed by atoms with Crippen LogP contribution in [0.3, 0.4) is 0 Å². The zero-order valence-corrected chi connectivity index (χ0v) is 48.9. The molecular formula is C66H52B10BrN3O. The van der Waals surface area contributed by atoms with Crippen LogP contribution < -0.4 is 69.3 Å². The molecule has 0 unspecified atom stereocenters. The molecule has 0 N–H and O–H groups in total. The van der Waals surface area contributed by atoms with Gasteiger partial charge < -0.3 is 19.1 Å². The lowest BCUT2D eigenvalue weighted by atomic mass is 9.60. The standard InChI is InChI=1S/C66H52B10BrN3O/c1-64(2,3)37-20-26-41(27-21-37)78(42-28-22-38(23-29-42)65(4,5)6)47-32-39(66(7,8)9)33-48(61(47)77)79(40-24-17-35(18-25-40)36-19-30-46-45-15-10-11-16-49(45)81-50(46)31-36)43-13-12-14-44(34-43)80(62-57(73)53(69)51(67)54(70)58(62)74)63-59(75)55(71)52(68)56(72)60(63)76/h10-34H,1-9H3. The van der Waals surface area contributed by atoms with E-state index in [4.69, 9.17) is 82.9 Å². The van der Waals surface area contributed by atoms with E-state index in [-0.39, 0.29) is 82.2 Å². The summed E-state index contributed by atoms with van der Waals surface area (Å²) >= 11 is 4.31. The van der Waals surface area contributed by atoms with Crippen LogP contribution in [0.15, 0.2) is 161 Å². The van der Waals surface area contributed by atoms with Crippen LogP contribution in [-0.2, 0) is 16.2 Å². The minimum Gasteiger partial charge on any atom is -0.456 e. The van der Waals surface area contributed by atoms with Gasteiger partial charge in [-0.15, -0.1) is 32.8 Å². The summed E-state index contributed by atoms with van der Waals surface area (Å²) in [6, 6.07) is 52.8. The Morgan fingerprint density at radius 1 is 0.321 bits per heavy atom. The summed E-state index contributed by atoms with van der Waals surface area (Å²) in [6.45, 7) is 20.0. The van der Waals surface area contributed by atoms with Crippen molar-refractivity contribution in [1.82, 2.24) is 0 Å². The molecule has 0 aliphatic carbocycles. The second kappa shape index (κ2) is 21.6. The number of nitrogens with zero attached hydrogens (tertiary/aromatic N) is 3. The van der Waals surface area contributed by atoms with E-state index in [0.717, 1.165) is 71.5 Å². The maximum Gasteiger partial charge on any atom is 0.136 e. The number of halogens is 1. The fourth-order valence-electron chi connectivity index (χ4n) is 10.4. The summed E-state index contributed by atoms with van der Waals surface area (Å²) < 4.78 is 7.15. The van der Waals surface area contributed by atoms with Crippen LogP contribution in [0.2, 0.25) is 0 Å². The molecule has 4 nitrogen and oxygen atoms in total. The van der Waals surface area contributed by atoms with Gasteiger partial charge in [0.15, 0.2) is 0 Å². The van der Waals surface area contributed by atoms with E-state index < -0.39 is 0 Å². The second-order valence-electron chi connectivity index (χ2n) is 23.9. The smallest absolute Gasteiger partial charge is 0.136 e. The molecule has 81 heavy (non-hydrogen) atoms. The van der Waals surface area contributed by atoms with E-state index in [2.05, 4.69) is 197 Å². The molecule has 0 spiro atoms. The van der Waals surface area contributed by atoms with Gasteiger partial charge in [-0.3, -0.25) is 0 Å². The number of fused-ring (bicyclic) bond motifs is 3. The van der Waals surface area contributed by atoms with Crippen LogP contribution in [-0.4, -0.2) is 78.5 Å². The zero-order valence-electron chi connectivity index (χ0n) is 47.3. The molecule has 10 rings (SSSR count). The Hall–Kier alpha value is -6.69. The number of furan rings is 1. The van der Waals surface area contributed by atoms with Crippen molar-refractivity contribution in [3.05, 3.63) is 173 Å². The third kappa shape index (κ3) is 10.6. The third-order valence-corrected chi connectivity index (χ3v) is 16.2. The summed E-state index contributed by atoms with van der Waals surface area (Å²) in [7, 11) is 66.9. The molecule has 0 fully saturated rings. The normalized spacial score (nSPS) is 12.1. The molecule has 0 saturated carbocycles. The van der Waals surface area contributed by atoms with Gasteiger partial charge in [0.05, 0.1) is 15.8 Å². The van der Waals surface area contributed by atoms with Gasteiger partial charge >= 0.3 is 0 Å². The van der Waals surface area contributed by atoms with Crippen LogP contribution in [0.5, 0.6) is 0 Å². The number of hydrogen-bond donors (Lipinski definition) is 0. The molecule has 9 aromatic carbocycles. The molecule has 374 valence electrons. The average molecular weight is 1090 g/mol. The SMILES string of the molecule is [B]c1c([B])c([B])c(N(c2cccc(N(c3ccc(-c4ccc5c(c4)oc4ccccc45)cc3)c3cc(C(C)(C)C)cc(N(c4ccc(C(C)(C)C)cc4)c4ccc(C(C)(C)C)cc4)c3Br)c2)c2c([B])c([B])c([B])c([B])c2[B])c([B])c1[B]. The van der Waals surface area contributed by atoms with E-state index in [1.54, 1.807) is 4.90 Å². The van der Waals surface area contributed by atoms with E-state index in [0.29, 0.717) is 11.4 Å². The molecular weight excluding hydrogens is 1040 g/mol. The monoisotopic (exact) mass is 1090 g/mol. The molecule has 10 aromatic rings. The van der Waals surface area contributed by atoms with E-state index in [1.165, 1.54) is 11.1 Å². The van der Waals surface area contributed by atoms with Crippen molar-refractivity contribution in [2.24, 2.45) is 0 Å². The second-order valence-corrected chi connectivity index (χ2v) is 24.7. The van der Waals surface area contributed by atoms with Crippen LogP contribution in [0, 0.1) is 0 Å². The topological polar surface area (TPSA) is 22.9 Å². The highest BCUT2D eigenvalue weighted by molar-refractivity contribution is 9.10. The molecule has 0 amide bonds. The molecule has 0 aliphatic heterocycles. The molecule has 0 bridgehead atoms. The quantitative estimate of drug-likeness (QED) is 0.129. The Balaban J connectivity index is 1.25. The highest BCUT2D eigenvalue weighted by atomic mass is 79.9. The van der Waals surface area contributed by atoms with E-state index in [9.17, 15) is 0 Å². The lowest BCUT2D eigenvalue weighted by Gasteiger charge is -2.37. The predicted octanol–water partition coefficient (Wildman–Crippen LogP) is 8.26. The van der Waals surface area contributed by atoms with Gasteiger partial charge in [-0.05, 0) is 145 Å². The number of hydrogen-bond acceptors (Lipinski definition) is 4. The highest BCUT2D eigenvalue weighted by Gasteiger charge is 2.30. The Morgan fingerprint density at radius 3 is 1.14 bits per heavy atom. The van der Waals surface area contributed by atoms with Crippen molar-refractivity contribution in [2.45, 2.75) is 78.6 Å². The highest BCUT2D eigenvalue weighted by Crippen LogP contribution is 2.50. The van der Waals surface area contributed by atoms with Crippen molar-refractivity contribution in [1.29, 1.82) is 0 Å². The van der Waals surface area contributed by atoms with Crippen molar-refractivity contribution in [2.75, 3.05) is 14.7 Å². The maximum atomic E-state index is 6.93. The average Bonchev–Trinajstić information content (AvgIpc) is 3.69. The Bertz CT molecular complexity index is 3900. The van der Waals surface area contributed by atoms with E-state index in [1.807, 2.05) is 42.5 Å². The minimum absolute atomic E-state index is 0.00803. The molecule has 0 atom stereocenters. The minimum atomic E-state index is -0.348. The molecule has 0 saturated heterocycles.